The number of rotatable bonds is 6. The number of phenols is 1. The zero-order chi connectivity index (χ0) is 14.5. The SMILES string of the molecule is CCCC(OCC)c1noc(-c2cc(Br)ccc2O)n1. The molecule has 0 aliphatic carbocycles. The maximum Gasteiger partial charge on any atom is 0.261 e. The lowest BCUT2D eigenvalue weighted by Gasteiger charge is -2.11. The lowest BCUT2D eigenvalue weighted by atomic mass is 10.2. The number of aromatic nitrogens is 2. The summed E-state index contributed by atoms with van der Waals surface area (Å²) in [5.74, 6) is 0.912. The summed E-state index contributed by atoms with van der Waals surface area (Å²) in [5, 5.41) is 13.8. The molecule has 0 aliphatic heterocycles. The van der Waals surface area contributed by atoms with Crippen LogP contribution in [0.5, 0.6) is 5.75 Å². The zero-order valence-electron chi connectivity index (χ0n) is 11.5. The van der Waals surface area contributed by atoms with Crippen LogP contribution in [0.2, 0.25) is 0 Å². The van der Waals surface area contributed by atoms with Gasteiger partial charge in [0.25, 0.3) is 5.89 Å². The third-order valence-electron chi connectivity index (χ3n) is 2.84. The molecule has 1 aromatic carbocycles. The van der Waals surface area contributed by atoms with Crippen LogP contribution in [-0.2, 0) is 4.74 Å². The Morgan fingerprint density at radius 1 is 1.40 bits per heavy atom. The molecule has 0 saturated carbocycles. The van der Waals surface area contributed by atoms with Gasteiger partial charge in [0, 0.05) is 11.1 Å². The Balaban J connectivity index is 2.29. The average molecular weight is 341 g/mol. The molecule has 1 unspecified atom stereocenters. The fraction of sp³-hybridized carbons (Fsp3) is 0.429. The van der Waals surface area contributed by atoms with Crippen LogP contribution in [0.1, 0.15) is 38.6 Å². The number of halogens is 1. The number of ether oxygens (including phenoxy) is 1. The van der Waals surface area contributed by atoms with Crippen LogP contribution in [0.25, 0.3) is 11.5 Å². The third kappa shape index (κ3) is 3.37. The molecule has 0 aliphatic rings. The van der Waals surface area contributed by atoms with E-state index in [1.807, 2.05) is 6.92 Å². The van der Waals surface area contributed by atoms with Crippen molar-refractivity contribution < 1.29 is 14.4 Å². The lowest BCUT2D eigenvalue weighted by Crippen LogP contribution is -2.05. The van der Waals surface area contributed by atoms with Gasteiger partial charge < -0.3 is 14.4 Å². The van der Waals surface area contributed by atoms with E-state index < -0.39 is 0 Å². The van der Waals surface area contributed by atoms with Crippen molar-refractivity contribution in [3.05, 3.63) is 28.5 Å². The highest BCUT2D eigenvalue weighted by Crippen LogP contribution is 2.32. The van der Waals surface area contributed by atoms with Crippen LogP contribution in [0.15, 0.2) is 27.2 Å². The molecule has 108 valence electrons. The van der Waals surface area contributed by atoms with Gasteiger partial charge in [0.05, 0.1) is 5.56 Å². The van der Waals surface area contributed by atoms with Crippen molar-refractivity contribution in [2.45, 2.75) is 32.8 Å². The molecular formula is C14H17BrN2O3. The number of nitrogens with zero attached hydrogens (tertiary/aromatic N) is 2. The number of benzene rings is 1. The van der Waals surface area contributed by atoms with E-state index in [1.165, 1.54) is 0 Å². The van der Waals surface area contributed by atoms with E-state index in [9.17, 15) is 5.11 Å². The molecule has 2 aromatic rings. The summed E-state index contributed by atoms with van der Waals surface area (Å²) in [6.45, 7) is 4.60. The minimum Gasteiger partial charge on any atom is -0.507 e. The fourth-order valence-electron chi connectivity index (χ4n) is 1.90. The minimum atomic E-state index is -0.170. The molecule has 0 bridgehead atoms. The van der Waals surface area contributed by atoms with Gasteiger partial charge in [0.1, 0.15) is 11.9 Å². The molecule has 0 amide bonds. The first-order valence-electron chi connectivity index (χ1n) is 6.59. The molecule has 0 radical (unpaired) electrons. The molecule has 0 spiro atoms. The second kappa shape index (κ2) is 6.85. The highest BCUT2D eigenvalue weighted by molar-refractivity contribution is 9.10. The first kappa shape index (κ1) is 15.0. The van der Waals surface area contributed by atoms with Gasteiger partial charge in [0.2, 0.25) is 5.82 Å². The summed E-state index contributed by atoms with van der Waals surface area (Å²) < 4.78 is 11.7. The van der Waals surface area contributed by atoms with Gasteiger partial charge in [0.15, 0.2) is 0 Å². The summed E-state index contributed by atoms with van der Waals surface area (Å²) in [4.78, 5) is 4.34. The van der Waals surface area contributed by atoms with Crippen molar-refractivity contribution in [2.24, 2.45) is 0 Å². The molecule has 20 heavy (non-hydrogen) atoms. The Hall–Kier alpha value is -1.40. The molecule has 2 rings (SSSR count). The Morgan fingerprint density at radius 3 is 2.90 bits per heavy atom. The van der Waals surface area contributed by atoms with Gasteiger partial charge in [-0.05, 0) is 31.5 Å². The van der Waals surface area contributed by atoms with Gasteiger partial charge in [-0.15, -0.1) is 0 Å². The first-order chi connectivity index (χ1) is 9.65. The quantitative estimate of drug-likeness (QED) is 0.857. The Kier molecular flexibility index (Phi) is 5.14. The Morgan fingerprint density at radius 2 is 2.20 bits per heavy atom. The number of aromatic hydroxyl groups is 1. The maximum absolute atomic E-state index is 9.86. The summed E-state index contributed by atoms with van der Waals surface area (Å²) in [5.41, 5.74) is 0.505. The fourth-order valence-corrected chi connectivity index (χ4v) is 2.27. The van der Waals surface area contributed by atoms with E-state index in [-0.39, 0.29) is 11.9 Å². The predicted molar refractivity (Wildman–Crippen MR) is 78.4 cm³/mol. The number of hydrogen-bond acceptors (Lipinski definition) is 5. The maximum atomic E-state index is 9.86. The van der Waals surface area contributed by atoms with Crippen LogP contribution in [-0.4, -0.2) is 21.9 Å². The van der Waals surface area contributed by atoms with E-state index in [0.29, 0.717) is 23.9 Å². The van der Waals surface area contributed by atoms with Crippen molar-refractivity contribution in [3.8, 4) is 17.2 Å². The van der Waals surface area contributed by atoms with Gasteiger partial charge in [-0.25, -0.2) is 0 Å². The van der Waals surface area contributed by atoms with Gasteiger partial charge in [-0.1, -0.05) is 34.4 Å². The molecule has 1 N–H and O–H groups in total. The van der Waals surface area contributed by atoms with Gasteiger partial charge in [-0.3, -0.25) is 0 Å². The molecule has 0 saturated heterocycles. The molecule has 6 heteroatoms. The van der Waals surface area contributed by atoms with Crippen molar-refractivity contribution in [3.63, 3.8) is 0 Å². The van der Waals surface area contributed by atoms with E-state index in [4.69, 9.17) is 9.26 Å². The zero-order valence-corrected chi connectivity index (χ0v) is 13.1. The monoisotopic (exact) mass is 340 g/mol. The van der Waals surface area contributed by atoms with E-state index in [2.05, 4.69) is 33.0 Å². The Bertz CT molecular complexity index is 565. The lowest BCUT2D eigenvalue weighted by molar-refractivity contribution is 0.0478. The van der Waals surface area contributed by atoms with Crippen LogP contribution < -0.4 is 0 Å². The molecular weight excluding hydrogens is 324 g/mol. The van der Waals surface area contributed by atoms with Crippen LogP contribution in [0, 0.1) is 0 Å². The van der Waals surface area contributed by atoms with Crippen LogP contribution in [0.3, 0.4) is 0 Å². The second-order valence-corrected chi connectivity index (χ2v) is 5.27. The predicted octanol–water partition coefficient (Wildman–Crippen LogP) is 4.08. The highest BCUT2D eigenvalue weighted by Gasteiger charge is 2.20. The summed E-state index contributed by atoms with van der Waals surface area (Å²) in [6, 6.07) is 5.06. The number of phenolic OH excluding ortho intramolecular Hbond substituents is 1. The van der Waals surface area contributed by atoms with Crippen LogP contribution in [0.4, 0.5) is 0 Å². The van der Waals surface area contributed by atoms with Crippen molar-refractivity contribution in [1.82, 2.24) is 10.1 Å². The third-order valence-corrected chi connectivity index (χ3v) is 3.33. The van der Waals surface area contributed by atoms with E-state index >= 15 is 0 Å². The molecule has 1 heterocycles. The topological polar surface area (TPSA) is 68.4 Å². The summed E-state index contributed by atoms with van der Waals surface area (Å²) in [7, 11) is 0. The van der Waals surface area contributed by atoms with E-state index in [0.717, 1.165) is 17.3 Å². The molecule has 1 aromatic heterocycles. The standard InChI is InChI=1S/C14H17BrN2O3/c1-3-5-12(19-4-2)13-16-14(20-17-13)10-8-9(15)6-7-11(10)18/h6-8,12,18H,3-5H2,1-2H3. The van der Waals surface area contributed by atoms with Gasteiger partial charge in [-0.2, -0.15) is 4.98 Å². The summed E-state index contributed by atoms with van der Waals surface area (Å²) in [6.07, 6.45) is 1.63. The van der Waals surface area contributed by atoms with Crippen molar-refractivity contribution >= 4 is 15.9 Å². The largest absolute Gasteiger partial charge is 0.507 e. The van der Waals surface area contributed by atoms with Crippen molar-refractivity contribution in [2.75, 3.05) is 6.61 Å². The highest BCUT2D eigenvalue weighted by atomic mass is 79.9. The summed E-state index contributed by atoms with van der Waals surface area (Å²) >= 11 is 3.35. The van der Waals surface area contributed by atoms with Crippen molar-refractivity contribution in [1.29, 1.82) is 0 Å². The second-order valence-electron chi connectivity index (χ2n) is 4.35. The van der Waals surface area contributed by atoms with Crippen LogP contribution >= 0.6 is 15.9 Å². The smallest absolute Gasteiger partial charge is 0.261 e. The number of hydrogen-bond donors (Lipinski definition) is 1. The first-order valence-corrected chi connectivity index (χ1v) is 7.39. The minimum absolute atomic E-state index is 0.104. The molecule has 0 fully saturated rings. The van der Waals surface area contributed by atoms with Gasteiger partial charge >= 0.3 is 0 Å². The molecule has 5 nitrogen and oxygen atoms in total. The molecule has 1 atom stereocenters. The average Bonchev–Trinajstić information content (AvgIpc) is 2.91. The normalized spacial score (nSPS) is 12.6. The van der Waals surface area contributed by atoms with E-state index in [1.54, 1.807) is 18.2 Å². The Labute approximate surface area is 126 Å².